The third kappa shape index (κ3) is 2.61. The lowest BCUT2D eigenvalue weighted by Gasteiger charge is -2.43. The van der Waals surface area contributed by atoms with Gasteiger partial charge in [0.15, 0.2) is 0 Å². The average molecular weight is 341 g/mol. The van der Waals surface area contributed by atoms with Crippen molar-refractivity contribution in [3.8, 4) is 5.75 Å². The Bertz CT molecular complexity index is 787. The molecule has 2 saturated heterocycles. The lowest BCUT2D eigenvalue weighted by Crippen LogP contribution is -2.52. The van der Waals surface area contributed by atoms with E-state index < -0.39 is 5.60 Å². The maximum absolute atomic E-state index is 13.1. The number of fused-ring (bicyclic) bond motifs is 2. The van der Waals surface area contributed by atoms with Crippen LogP contribution in [0.4, 0.5) is 0 Å². The fourth-order valence-corrected chi connectivity index (χ4v) is 4.46. The van der Waals surface area contributed by atoms with Gasteiger partial charge in [-0.3, -0.25) is 4.79 Å². The minimum absolute atomic E-state index is 0.0216. The van der Waals surface area contributed by atoms with Crippen LogP contribution in [-0.4, -0.2) is 44.7 Å². The number of methoxy groups -OCH3 is 1. The van der Waals surface area contributed by atoms with E-state index in [0.29, 0.717) is 30.0 Å². The molecule has 0 saturated carbocycles. The normalized spacial score (nSPS) is 28.2. The highest BCUT2D eigenvalue weighted by Crippen LogP contribution is 2.45. The highest BCUT2D eigenvalue weighted by atomic mass is 16.5. The first kappa shape index (κ1) is 16.1. The molecule has 2 aliphatic heterocycles. The van der Waals surface area contributed by atoms with E-state index in [0.717, 1.165) is 12.8 Å². The second-order valence-electron chi connectivity index (χ2n) is 7.13. The zero-order valence-electron chi connectivity index (χ0n) is 14.6. The number of aromatic nitrogens is 2. The maximum atomic E-state index is 13.1. The molecule has 6 nitrogen and oxygen atoms in total. The van der Waals surface area contributed by atoms with Gasteiger partial charge in [-0.05, 0) is 31.0 Å². The number of hydrogen-bond acceptors (Lipinski definition) is 4. The summed E-state index contributed by atoms with van der Waals surface area (Å²) in [6.07, 6.45) is 6.47. The van der Waals surface area contributed by atoms with E-state index in [1.54, 1.807) is 19.4 Å². The zero-order chi connectivity index (χ0) is 17.6. The lowest BCUT2D eigenvalue weighted by atomic mass is 9.85. The molecule has 0 spiro atoms. The summed E-state index contributed by atoms with van der Waals surface area (Å²) in [7, 11) is 3.50. The van der Waals surface area contributed by atoms with Gasteiger partial charge in [0, 0.05) is 49.9 Å². The van der Waals surface area contributed by atoms with Crippen molar-refractivity contribution < 1.29 is 14.6 Å². The van der Waals surface area contributed by atoms with Crippen LogP contribution in [0.25, 0.3) is 0 Å². The number of aryl methyl sites for hydroxylation is 1. The summed E-state index contributed by atoms with van der Waals surface area (Å²) in [5.41, 5.74) is -0.325. The Balaban J connectivity index is 1.60. The summed E-state index contributed by atoms with van der Waals surface area (Å²) < 4.78 is 7.11. The first-order chi connectivity index (χ1) is 12.0. The van der Waals surface area contributed by atoms with E-state index in [1.807, 2.05) is 40.9 Å². The van der Waals surface area contributed by atoms with Crippen molar-refractivity contribution >= 4 is 5.91 Å². The van der Waals surface area contributed by atoms with Gasteiger partial charge in [0.25, 0.3) is 5.91 Å². The number of nitrogens with zero attached hydrogens (tertiary/aromatic N) is 3. The van der Waals surface area contributed by atoms with Crippen LogP contribution in [0.2, 0.25) is 0 Å². The minimum atomic E-state index is -0.963. The SMILES string of the molecule is COc1cccc(C(=O)N2C3CCC2CC(O)(c2nccn2C)C3)c1. The van der Waals surface area contributed by atoms with E-state index in [2.05, 4.69) is 4.98 Å². The molecule has 2 fully saturated rings. The molecule has 2 aromatic rings. The van der Waals surface area contributed by atoms with Crippen molar-refractivity contribution in [3.63, 3.8) is 0 Å². The standard InChI is InChI=1S/C19H23N3O3/c1-21-9-8-20-18(21)19(24)11-14-6-7-15(12-19)22(14)17(23)13-4-3-5-16(10-13)25-2/h3-5,8-10,14-15,24H,6-7,11-12H2,1-2H3. The van der Waals surface area contributed by atoms with Gasteiger partial charge in [-0.2, -0.15) is 0 Å². The van der Waals surface area contributed by atoms with Gasteiger partial charge in [-0.1, -0.05) is 6.07 Å². The summed E-state index contributed by atoms with van der Waals surface area (Å²) in [4.78, 5) is 19.4. The first-order valence-electron chi connectivity index (χ1n) is 8.69. The average Bonchev–Trinajstić information content (AvgIpc) is 3.17. The smallest absolute Gasteiger partial charge is 0.254 e. The predicted molar refractivity (Wildman–Crippen MR) is 92.3 cm³/mol. The van der Waals surface area contributed by atoms with E-state index in [1.165, 1.54) is 0 Å². The van der Waals surface area contributed by atoms with Crippen LogP contribution in [0, 0.1) is 0 Å². The molecule has 1 N–H and O–H groups in total. The van der Waals surface area contributed by atoms with Gasteiger partial charge in [0.2, 0.25) is 0 Å². The van der Waals surface area contributed by atoms with Crippen molar-refractivity contribution in [3.05, 3.63) is 48.0 Å². The fourth-order valence-electron chi connectivity index (χ4n) is 4.46. The minimum Gasteiger partial charge on any atom is -0.497 e. The number of rotatable bonds is 3. The highest BCUT2D eigenvalue weighted by molar-refractivity contribution is 5.95. The Morgan fingerprint density at radius 3 is 2.64 bits per heavy atom. The molecule has 6 heteroatoms. The highest BCUT2D eigenvalue weighted by Gasteiger charge is 2.51. The zero-order valence-corrected chi connectivity index (χ0v) is 14.6. The van der Waals surface area contributed by atoms with Crippen LogP contribution in [0.1, 0.15) is 41.9 Å². The monoisotopic (exact) mass is 341 g/mol. The van der Waals surface area contributed by atoms with E-state index >= 15 is 0 Å². The van der Waals surface area contributed by atoms with Crippen molar-refractivity contribution in [2.45, 2.75) is 43.4 Å². The summed E-state index contributed by atoms with van der Waals surface area (Å²) >= 11 is 0. The maximum Gasteiger partial charge on any atom is 0.254 e. The molecular weight excluding hydrogens is 318 g/mol. The Labute approximate surface area is 147 Å². The number of ether oxygens (including phenoxy) is 1. The Morgan fingerprint density at radius 2 is 2.04 bits per heavy atom. The summed E-state index contributed by atoms with van der Waals surface area (Å²) in [5, 5.41) is 11.2. The topological polar surface area (TPSA) is 67.6 Å². The van der Waals surface area contributed by atoms with Gasteiger partial charge in [-0.15, -0.1) is 0 Å². The molecule has 3 heterocycles. The molecule has 25 heavy (non-hydrogen) atoms. The summed E-state index contributed by atoms with van der Waals surface area (Å²) in [6.45, 7) is 0. The number of aliphatic hydroxyl groups is 1. The molecule has 2 bridgehead atoms. The molecule has 2 atom stereocenters. The number of imidazole rings is 1. The van der Waals surface area contributed by atoms with Crippen molar-refractivity contribution in [1.29, 1.82) is 0 Å². The second-order valence-corrected chi connectivity index (χ2v) is 7.13. The van der Waals surface area contributed by atoms with Gasteiger partial charge in [-0.25, -0.2) is 4.98 Å². The van der Waals surface area contributed by atoms with E-state index in [-0.39, 0.29) is 18.0 Å². The molecular formula is C19H23N3O3. The Kier molecular flexibility index (Phi) is 3.80. The molecule has 4 rings (SSSR count). The van der Waals surface area contributed by atoms with Gasteiger partial charge >= 0.3 is 0 Å². The van der Waals surface area contributed by atoms with Crippen LogP contribution in [-0.2, 0) is 12.6 Å². The van der Waals surface area contributed by atoms with Crippen LogP contribution >= 0.6 is 0 Å². The van der Waals surface area contributed by atoms with E-state index in [9.17, 15) is 9.90 Å². The van der Waals surface area contributed by atoms with Crippen molar-refractivity contribution in [1.82, 2.24) is 14.5 Å². The second kappa shape index (κ2) is 5.88. The number of piperidine rings is 1. The lowest BCUT2D eigenvalue weighted by molar-refractivity contribution is -0.0555. The molecule has 2 aliphatic rings. The van der Waals surface area contributed by atoms with E-state index in [4.69, 9.17) is 4.74 Å². The third-order valence-corrected chi connectivity index (χ3v) is 5.56. The molecule has 1 amide bonds. The molecule has 132 valence electrons. The van der Waals surface area contributed by atoms with Crippen LogP contribution in [0.5, 0.6) is 5.75 Å². The van der Waals surface area contributed by atoms with Crippen LogP contribution < -0.4 is 4.74 Å². The van der Waals surface area contributed by atoms with Crippen LogP contribution in [0.15, 0.2) is 36.7 Å². The van der Waals surface area contributed by atoms with Crippen LogP contribution in [0.3, 0.4) is 0 Å². The Morgan fingerprint density at radius 1 is 1.32 bits per heavy atom. The molecule has 1 aromatic heterocycles. The predicted octanol–water partition coefficient (Wildman–Crippen LogP) is 2.08. The Hall–Kier alpha value is -2.34. The molecule has 2 unspecified atom stereocenters. The summed E-state index contributed by atoms with van der Waals surface area (Å²) in [6, 6.07) is 7.35. The number of benzene rings is 1. The quantitative estimate of drug-likeness (QED) is 0.928. The van der Waals surface area contributed by atoms with Gasteiger partial charge in [0.1, 0.15) is 17.2 Å². The molecule has 0 aliphatic carbocycles. The summed E-state index contributed by atoms with van der Waals surface area (Å²) in [5.74, 6) is 1.39. The van der Waals surface area contributed by atoms with Crippen molar-refractivity contribution in [2.75, 3.05) is 7.11 Å². The number of carbonyl (C=O) groups is 1. The molecule has 1 aromatic carbocycles. The first-order valence-corrected chi connectivity index (χ1v) is 8.69. The van der Waals surface area contributed by atoms with Crippen molar-refractivity contribution in [2.24, 2.45) is 7.05 Å². The number of amides is 1. The van der Waals surface area contributed by atoms with Gasteiger partial charge < -0.3 is 19.3 Å². The molecule has 0 radical (unpaired) electrons. The largest absolute Gasteiger partial charge is 0.497 e. The third-order valence-electron chi connectivity index (χ3n) is 5.56. The number of carbonyl (C=O) groups excluding carboxylic acids is 1. The number of hydrogen-bond donors (Lipinski definition) is 1. The fraction of sp³-hybridized carbons (Fsp3) is 0.474. The van der Waals surface area contributed by atoms with Gasteiger partial charge in [0.05, 0.1) is 7.11 Å².